The van der Waals surface area contributed by atoms with E-state index in [-0.39, 0.29) is 11.6 Å². The molecular formula is C18H11BrO2S2. The summed E-state index contributed by atoms with van der Waals surface area (Å²) in [7, 11) is 0. The van der Waals surface area contributed by atoms with Crippen LogP contribution in [0, 0.1) is 0 Å². The van der Waals surface area contributed by atoms with Crippen LogP contribution in [0.15, 0.2) is 69.8 Å². The van der Waals surface area contributed by atoms with Crippen LogP contribution in [-0.2, 0) is 0 Å². The Labute approximate surface area is 150 Å². The van der Waals surface area contributed by atoms with Crippen LogP contribution in [0.1, 0.15) is 24.9 Å². The first-order valence-electron chi connectivity index (χ1n) is 6.79. The predicted molar refractivity (Wildman–Crippen MR) is 99.4 cm³/mol. The standard InChI is InChI=1S/C18H11BrO2S2/c19-14-6-2-1-5-12(14)13(18(21)17-8-4-10-23-17)11-15(20)16-7-3-9-22-16/h1-11H/b13-11+. The van der Waals surface area contributed by atoms with Gasteiger partial charge < -0.3 is 0 Å². The molecule has 2 aromatic heterocycles. The Morgan fingerprint density at radius 2 is 1.52 bits per heavy atom. The predicted octanol–water partition coefficient (Wildman–Crippen LogP) is 5.72. The molecule has 0 bridgehead atoms. The highest BCUT2D eigenvalue weighted by Crippen LogP contribution is 2.29. The molecular weight excluding hydrogens is 392 g/mol. The molecule has 1 aromatic carbocycles. The second kappa shape index (κ2) is 7.17. The number of ketones is 2. The van der Waals surface area contributed by atoms with Gasteiger partial charge in [0, 0.05) is 10.0 Å². The number of thiophene rings is 2. The fourth-order valence-electron chi connectivity index (χ4n) is 2.11. The third-order valence-corrected chi connectivity index (χ3v) is 5.64. The summed E-state index contributed by atoms with van der Waals surface area (Å²) in [6.45, 7) is 0. The number of rotatable bonds is 5. The van der Waals surface area contributed by atoms with Crippen LogP contribution in [0.3, 0.4) is 0 Å². The molecule has 0 unspecified atom stereocenters. The van der Waals surface area contributed by atoms with E-state index < -0.39 is 0 Å². The van der Waals surface area contributed by atoms with E-state index in [2.05, 4.69) is 15.9 Å². The van der Waals surface area contributed by atoms with Crippen molar-refractivity contribution < 1.29 is 9.59 Å². The average molecular weight is 403 g/mol. The van der Waals surface area contributed by atoms with Crippen molar-refractivity contribution in [3.05, 3.63) is 85.2 Å². The number of allylic oxidation sites excluding steroid dienone is 2. The van der Waals surface area contributed by atoms with Crippen LogP contribution >= 0.6 is 38.6 Å². The van der Waals surface area contributed by atoms with E-state index in [1.807, 2.05) is 47.2 Å². The molecule has 0 radical (unpaired) electrons. The molecule has 3 rings (SSSR count). The number of benzene rings is 1. The maximum absolute atomic E-state index is 12.8. The largest absolute Gasteiger partial charge is 0.288 e. The monoisotopic (exact) mass is 402 g/mol. The van der Waals surface area contributed by atoms with Gasteiger partial charge in [0.25, 0.3) is 0 Å². The molecule has 3 aromatic rings. The van der Waals surface area contributed by atoms with E-state index >= 15 is 0 Å². The number of carbonyl (C=O) groups is 2. The number of hydrogen-bond donors (Lipinski definition) is 0. The highest BCUT2D eigenvalue weighted by atomic mass is 79.9. The van der Waals surface area contributed by atoms with Crippen molar-refractivity contribution in [1.82, 2.24) is 0 Å². The Kier molecular flexibility index (Phi) is 5.00. The van der Waals surface area contributed by atoms with Gasteiger partial charge >= 0.3 is 0 Å². The van der Waals surface area contributed by atoms with Gasteiger partial charge in [-0.3, -0.25) is 9.59 Å². The Morgan fingerprint density at radius 3 is 2.13 bits per heavy atom. The minimum Gasteiger partial charge on any atom is -0.288 e. The summed E-state index contributed by atoms with van der Waals surface area (Å²) >= 11 is 6.21. The molecule has 0 fully saturated rings. The van der Waals surface area contributed by atoms with Crippen LogP contribution in [0.5, 0.6) is 0 Å². The van der Waals surface area contributed by atoms with Gasteiger partial charge in [0.1, 0.15) is 0 Å². The van der Waals surface area contributed by atoms with E-state index in [0.29, 0.717) is 15.3 Å². The zero-order chi connectivity index (χ0) is 16.2. The molecule has 0 amide bonds. The van der Waals surface area contributed by atoms with Crippen molar-refractivity contribution in [2.75, 3.05) is 0 Å². The number of Topliss-reactive ketones (excluding diaryl/α,β-unsaturated/α-hetero) is 1. The molecule has 0 N–H and O–H groups in total. The van der Waals surface area contributed by atoms with Gasteiger partial charge in [0.05, 0.1) is 9.75 Å². The van der Waals surface area contributed by atoms with Gasteiger partial charge in [-0.2, -0.15) is 0 Å². The molecule has 2 heterocycles. The number of carbonyl (C=O) groups excluding carboxylic acids is 2. The second-order valence-electron chi connectivity index (χ2n) is 4.69. The van der Waals surface area contributed by atoms with E-state index in [0.717, 1.165) is 10.0 Å². The summed E-state index contributed by atoms with van der Waals surface area (Å²) in [5.41, 5.74) is 1.12. The van der Waals surface area contributed by atoms with E-state index in [9.17, 15) is 9.59 Å². The van der Waals surface area contributed by atoms with Crippen molar-refractivity contribution in [2.24, 2.45) is 0 Å². The van der Waals surface area contributed by atoms with Crippen LogP contribution in [0.2, 0.25) is 0 Å². The third-order valence-electron chi connectivity index (χ3n) is 3.19. The Balaban J connectivity index is 2.09. The zero-order valence-corrected chi connectivity index (χ0v) is 15.1. The molecule has 5 heteroatoms. The summed E-state index contributed by atoms with van der Waals surface area (Å²) < 4.78 is 0.787. The summed E-state index contributed by atoms with van der Waals surface area (Å²) in [4.78, 5) is 26.5. The topological polar surface area (TPSA) is 34.1 Å². The molecule has 0 aliphatic carbocycles. The van der Waals surface area contributed by atoms with Crippen molar-refractivity contribution in [3.8, 4) is 0 Å². The van der Waals surface area contributed by atoms with Crippen molar-refractivity contribution >= 4 is 55.7 Å². The highest BCUT2D eigenvalue weighted by Gasteiger charge is 2.19. The molecule has 0 aliphatic rings. The van der Waals surface area contributed by atoms with E-state index in [1.54, 1.807) is 12.1 Å². The van der Waals surface area contributed by atoms with Crippen molar-refractivity contribution in [1.29, 1.82) is 0 Å². The van der Waals surface area contributed by atoms with Crippen LogP contribution in [0.25, 0.3) is 5.57 Å². The Bertz CT molecular complexity index is 862. The fraction of sp³-hybridized carbons (Fsp3) is 0. The highest BCUT2D eigenvalue weighted by molar-refractivity contribution is 9.10. The van der Waals surface area contributed by atoms with Gasteiger partial charge in [-0.15, -0.1) is 22.7 Å². The van der Waals surface area contributed by atoms with Gasteiger partial charge in [0.2, 0.25) is 5.78 Å². The van der Waals surface area contributed by atoms with Gasteiger partial charge in [0.15, 0.2) is 5.78 Å². The number of halogens is 1. The first-order valence-corrected chi connectivity index (χ1v) is 9.34. The minimum atomic E-state index is -0.157. The average Bonchev–Trinajstić information content (AvgIpc) is 3.25. The summed E-state index contributed by atoms with van der Waals surface area (Å²) in [5.74, 6) is -0.299. The molecule has 0 saturated heterocycles. The molecule has 0 atom stereocenters. The van der Waals surface area contributed by atoms with Crippen LogP contribution in [0.4, 0.5) is 0 Å². The van der Waals surface area contributed by atoms with Crippen LogP contribution in [-0.4, -0.2) is 11.6 Å². The first kappa shape index (κ1) is 16.1. The number of hydrogen-bond acceptors (Lipinski definition) is 4. The fourth-order valence-corrected chi connectivity index (χ4v) is 3.92. The quantitative estimate of drug-likeness (QED) is 0.403. The second-order valence-corrected chi connectivity index (χ2v) is 7.44. The van der Waals surface area contributed by atoms with Crippen LogP contribution < -0.4 is 0 Å². The first-order chi connectivity index (χ1) is 11.2. The smallest absolute Gasteiger partial charge is 0.203 e. The summed E-state index contributed by atoms with van der Waals surface area (Å²) in [5, 5.41) is 3.70. The van der Waals surface area contributed by atoms with E-state index in [4.69, 9.17) is 0 Å². The molecule has 2 nitrogen and oxygen atoms in total. The zero-order valence-electron chi connectivity index (χ0n) is 11.9. The lowest BCUT2D eigenvalue weighted by Crippen LogP contribution is -2.04. The Hall–Kier alpha value is -1.82. The van der Waals surface area contributed by atoms with Gasteiger partial charge in [-0.25, -0.2) is 0 Å². The van der Waals surface area contributed by atoms with E-state index in [1.165, 1.54) is 28.7 Å². The summed E-state index contributed by atoms with van der Waals surface area (Å²) in [6.07, 6.45) is 1.44. The lowest BCUT2D eigenvalue weighted by Gasteiger charge is -2.08. The molecule has 0 saturated carbocycles. The van der Waals surface area contributed by atoms with Crippen molar-refractivity contribution in [3.63, 3.8) is 0 Å². The maximum atomic E-state index is 12.8. The molecule has 23 heavy (non-hydrogen) atoms. The van der Waals surface area contributed by atoms with Crippen molar-refractivity contribution in [2.45, 2.75) is 0 Å². The molecule has 114 valence electrons. The normalized spacial score (nSPS) is 11.4. The minimum absolute atomic E-state index is 0.142. The maximum Gasteiger partial charge on any atom is 0.203 e. The summed E-state index contributed by atoms with van der Waals surface area (Å²) in [6, 6.07) is 14.6. The molecule has 0 spiro atoms. The lowest BCUT2D eigenvalue weighted by molar-refractivity contribution is 0.103. The SMILES string of the molecule is O=C(/C=C(/C(=O)c1cccs1)c1ccccc1Br)c1cccs1. The molecule has 0 aliphatic heterocycles. The lowest BCUT2D eigenvalue weighted by atomic mass is 9.99. The third kappa shape index (κ3) is 3.58. The van der Waals surface area contributed by atoms with Gasteiger partial charge in [-0.05, 0) is 40.6 Å². The van der Waals surface area contributed by atoms with Gasteiger partial charge in [-0.1, -0.05) is 46.3 Å². The Morgan fingerprint density at radius 1 is 0.870 bits per heavy atom.